The maximum atomic E-state index is 6.69. The minimum Gasteiger partial charge on any atom is -0.495 e. The molecule has 3 aromatic carbocycles. The smallest absolute Gasteiger partial charge is 0.161 e. The van der Waals surface area contributed by atoms with Gasteiger partial charge >= 0.3 is 0 Å². The van der Waals surface area contributed by atoms with Crippen molar-refractivity contribution < 1.29 is 23.0 Å². The Morgan fingerprint density at radius 2 is 1.29 bits per heavy atom. The van der Waals surface area contributed by atoms with Crippen molar-refractivity contribution in [1.29, 1.82) is 0 Å². The Labute approximate surface area is 485 Å². The van der Waals surface area contributed by atoms with E-state index >= 15 is 0 Å². The molecule has 1 unspecified atom stereocenters. The zero-order valence-corrected chi connectivity index (χ0v) is 46.0. The van der Waals surface area contributed by atoms with E-state index in [-0.39, 0.29) is 0 Å². The summed E-state index contributed by atoms with van der Waals surface area (Å²) in [6, 6.07) is 17.7. The SMILES string of the molecule is CCOc1c(Nc2ncnc3[nH]nc(-c4c[nH]nc4-c4cc(-c5ccoc5)cc(Nc5ncnc6[nH]cc(-c7cn[nH]c7)c56)c4OC)c23)cc(-c2ccoc2)cc1C1=NNCC1c1n[nH]c2ncnc(Nc3cc(-c4cnn(C)c4)ccc3OC)c12. The molecule has 14 aromatic rings. The normalized spacial score (nSPS) is 13.2. The van der Waals surface area contributed by atoms with Gasteiger partial charge in [-0.1, -0.05) is 6.07 Å². The average molecular weight is 1150 g/mol. The van der Waals surface area contributed by atoms with E-state index in [1.54, 1.807) is 56.3 Å². The van der Waals surface area contributed by atoms with Crippen molar-refractivity contribution >= 4 is 73.3 Å². The molecule has 0 radical (unpaired) electrons. The molecule has 1 atom stereocenters. The molecule has 9 N–H and O–H groups in total. The van der Waals surface area contributed by atoms with E-state index in [0.717, 1.165) is 49.9 Å². The predicted octanol–water partition coefficient (Wildman–Crippen LogP) is 10.4. The Balaban J connectivity index is 0.824. The van der Waals surface area contributed by atoms with E-state index in [2.05, 4.69) is 71.9 Å². The number of rotatable bonds is 18. The summed E-state index contributed by atoms with van der Waals surface area (Å²) < 4.78 is 31.9. The fourth-order valence-corrected chi connectivity index (χ4v) is 11.1. The van der Waals surface area contributed by atoms with E-state index in [1.165, 1.54) is 19.0 Å². The van der Waals surface area contributed by atoms with Gasteiger partial charge in [-0.2, -0.15) is 30.6 Å². The number of hydrogen-bond acceptors (Lipinski definition) is 21. The third kappa shape index (κ3) is 8.76. The van der Waals surface area contributed by atoms with Crippen LogP contribution in [0.25, 0.3) is 100 Å². The lowest BCUT2D eigenvalue weighted by molar-refractivity contribution is 0.341. The van der Waals surface area contributed by atoms with Crippen LogP contribution in [0.1, 0.15) is 24.1 Å². The van der Waals surface area contributed by atoms with Crippen LogP contribution in [0, 0.1) is 0 Å². The molecule has 0 fully saturated rings. The summed E-state index contributed by atoms with van der Waals surface area (Å²) in [6.45, 7) is 2.62. The number of hydrazone groups is 1. The van der Waals surface area contributed by atoms with Crippen LogP contribution in [-0.4, -0.2) is 119 Å². The standard InChI is InChI=1S/C59H48N22O5/c1-5-86-53-37(49-40(22-70-76-49)51-46-56(63-27-65-58(46)79-78-51)72-41-14-29(6-7-44(41)82-3)35-19-71-81(2)23-35)13-33(31-9-11-85-25-31)16-43(53)74-57-47-50(77-80-59(47)66-28-64-57)39-21-69-75-48(39)36-12-32(30-8-10-84-24-30)15-42(52(36)83-4)73-55-45-38(34-17-67-68-18-34)20-60-54(45)61-26-62-55/h6-21,23-28,40,70H,5,22H2,1-4H3,(H,67,68)(H,69,75)(H2,60,61,62,73)(H2,63,65,72,78,79)(H2,64,66,74,77,80). The number of aromatic amines is 5. The van der Waals surface area contributed by atoms with Gasteiger partial charge < -0.3 is 49.4 Å². The fraction of sp³-hybridized carbons (Fsp3) is 0.119. The molecule has 12 heterocycles. The monoisotopic (exact) mass is 1140 g/mol. The predicted molar refractivity (Wildman–Crippen MR) is 320 cm³/mol. The number of aryl methyl sites for hydroxylation is 1. The molecule has 0 spiro atoms. The van der Waals surface area contributed by atoms with Crippen molar-refractivity contribution in [2.45, 2.75) is 12.8 Å². The maximum Gasteiger partial charge on any atom is 0.161 e. The van der Waals surface area contributed by atoms with Crippen molar-refractivity contribution in [3.63, 3.8) is 0 Å². The van der Waals surface area contributed by atoms with Gasteiger partial charge in [-0.05, 0) is 72.1 Å². The van der Waals surface area contributed by atoms with Gasteiger partial charge in [0.15, 0.2) is 22.8 Å². The third-order valence-corrected chi connectivity index (χ3v) is 15.0. The fourth-order valence-electron chi connectivity index (χ4n) is 11.1. The van der Waals surface area contributed by atoms with Gasteiger partial charge in [0.1, 0.15) is 59.2 Å². The largest absolute Gasteiger partial charge is 0.495 e. The zero-order valence-electron chi connectivity index (χ0n) is 46.0. The van der Waals surface area contributed by atoms with Gasteiger partial charge in [0.25, 0.3) is 0 Å². The highest BCUT2D eigenvalue weighted by Crippen LogP contribution is 2.48. The van der Waals surface area contributed by atoms with Crippen LogP contribution in [0.4, 0.5) is 34.5 Å². The molecule has 27 heteroatoms. The number of H-pyrrole nitrogens is 5. The van der Waals surface area contributed by atoms with Crippen molar-refractivity contribution in [3.05, 3.63) is 147 Å². The number of nitrogens with zero attached hydrogens (tertiary/aromatic N) is 13. The number of hydrogen-bond donors (Lipinski definition) is 9. The lowest BCUT2D eigenvalue weighted by Crippen LogP contribution is -2.17. The first-order valence-electron chi connectivity index (χ1n) is 27.0. The number of furan rings is 2. The first-order chi connectivity index (χ1) is 42.4. The van der Waals surface area contributed by atoms with E-state index in [0.29, 0.717) is 132 Å². The number of methoxy groups -OCH3 is 2. The molecule has 86 heavy (non-hydrogen) atoms. The highest BCUT2D eigenvalue weighted by molar-refractivity contribution is 6.13. The Kier molecular flexibility index (Phi) is 12.4. The Hall–Kier alpha value is -12.2. The summed E-state index contributed by atoms with van der Waals surface area (Å²) in [7, 11) is 5.12. The third-order valence-electron chi connectivity index (χ3n) is 15.0. The van der Waals surface area contributed by atoms with Crippen LogP contribution in [0.2, 0.25) is 0 Å². The minimum absolute atomic E-state index is 0.301. The topological polar surface area (TPSA) is 340 Å². The molecule has 1 aliphatic rings. The quantitative estimate of drug-likeness (QED) is 0.0385. The number of benzene rings is 3. The molecule has 0 saturated carbocycles. The molecule has 424 valence electrons. The number of nitrogens with one attached hydrogen (secondary N) is 9. The summed E-state index contributed by atoms with van der Waals surface area (Å²) in [5.41, 5.74) is 17.7. The Morgan fingerprint density at radius 1 is 0.593 bits per heavy atom. The first kappa shape index (κ1) is 50.8. The molecule has 0 aliphatic carbocycles. The van der Waals surface area contributed by atoms with Crippen LogP contribution in [0.5, 0.6) is 17.2 Å². The van der Waals surface area contributed by atoms with Gasteiger partial charge in [-0.3, -0.25) is 25.1 Å². The summed E-state index contributed by atoms with van der Waals surface area (Å²) in [5, 5.41) is 53.3. The molecular weight excluding hydrogens is 1100 g/mol. The average Bonchev–Trinajstić information content (AvgIpc) is 4.14. The second-order valence-corrected chi connectivity index (χ2v) is 19.9. The first-order valence-corrected chi connectivity index (χ1v) is 27.0. The summed E-state index contributed by atoms with van der Waals surface area (Å²) in [6.07, 6.45) is 22.0. The molecule has 1 aliphatic heterocycles. The van der Waals surface area contributed by atoms with E-state index in [4.69, 9.17) is 58.4 Å². The van der Waals surface area contributed by atoms with Crippen LogP contribution in [0.15, 0.2) is 150 Å². The molecular formula is C59H48N22O5. The van der Waals surface area contributed by atoms with E-state index in [1.807, 2.05) is 93.4 Å². The lowest BCUT2D eigenvalue weighted by atomic mass is 9.90. The maximum absolute atomic E-state index is 6.69. The minimum atomic E-state index is -0.439. The summed E-state index contributed by atoms with van der Waals surface area (Å²) in [5.74, 6) is 2.59. The van der Waals surface area contributed by atoms with Crippen molar-refractivity contribution in [2.75, 3.05) is 43.3 Å². The van der Waals surface area contributed by atoms with Crippen molar-refractivity contribution in [3.8, 4) is 84.3 Å². The van der Waals surface area contributed by atoms with Crippen LogP contribution in [0.3, 0.4) is 0 Å². The second-order valence-electron chi connectivity index (χ2n) is 19.9. The molecule has 11 aromatic heterocycles. The van der Waals surface area contributed by atoms with Gasteiger partial charge in [-0.15, -0.1) is 0 Å². The summed E-state index contributed by atoms with van der Waals surface area (Å²) >= 11 is 0. The van der Waals surface area contributed by atoms with E-state index in [9.17, 15) is 0 Å². The van der Waals surface area contributed by atoms with Crippen molar-refractivity contribution in [1.82, 2.24) is 90.9 Å². The number of ether oxygens (including phenoxy) is 3. The molecule has 27 nitrogen and oxygen atoms in total. The molecule has 0 amide bonds. The number of anilines is 6. The van der Waals surface area contributed by atoms with Crippen LogP contribution in [-0.2, 0) is 7.05 Å². The van der Waals surface area contributed by atoms with Crippen molar-refractivity contribution in [2.24, 2.45) is 12.1 Å². The van der Waals surface area contributed by atoms with E-state index < -0.39 is 5.92 Å². The van der Waals surface area contributed by atoms with Gasteiger partial charge in [-0.25, -0.2) is 29.9 Å². The number of fused-ring (bicyclic) bond motifs is 3. The zero-order chi connectivity index (χ0) is 57.8. The molecule has 15 rings (SSSR count). The van der Waals surface area contributed by atoms with Gasteiger partial charge in [0.2, 0.25) is 0 Å². The number of aromatic nitrogens is 17. The Morgan fingerprint density at radius 3 is 1.99 bits per heavy atom. The second kappa shape index (κ2) is 21.0. The lowest BCUT2D eigenvalue weighted by Gasteiger charge is -2.20. The highest BCUT2D eigenvalue weighted by Gasteiger charge is 2.34. The van der Waals surface area contributed by atoms with Crippen LogP contribution < -0.4 is 35.6 Å². The molecule has 0 bridgehead atoms. The highest BCUT2D eigenvalue weighted by atomic mass is 16.5. The van der Waals surface area contributed by atoms with Crippen LogP contribution >= 0.6 is 0 Å². The Bertz CT molecular complexity index is 4840. The summed E-state index contributed by atoms with van der Waals surface area (Å²) in [4.78, 5) is 31.4. The molecule has 0 saturated heterocycles. The van der Waals surface area contributed by atoms with Gasteiger partial charge in [0.05, 0.1) is 109 Å². The van der Waals surface area contributed by atoms with Gasteiger partial charge in [0, 0.05) is 82.9 Å².